The van der Waals surface area contributed by atoms with Crippen LogP contribution < -0.4 is 14.8 Å². The van der Waals surface area contributed by atoms with E-state index in [9.17, 15) is 8.42 Å². The van der Waals surface area contributed by atoms with Crippen LogP contribution >= 0.6 is 0 Å². The molecule has 0 amide bonds. The largest absolute Gasteiger partial charge is 0.492 e. The maximum atomic E-state index is 12.0. The van der Waals surface area contributed by atoms with Crippen molar-refractivity contribution in [2.45, 2.75) is 31.1 Å². The monoisotopic (exact) mass is 414 g/mol. The van der Waals surface area contributed by atoms with E-state index in [2.05, 4.69) is 52.5 Å². The summed E-state index contributed by atoms with van der Waals surface area (Å²) in [4.78, 5) is 0. The van der Waals surface area contributed by atoms with Crippen LogP contribution in [0.5, 0.6) is 5.75 Å². The van der Waals surface area contributed by atoms with E-state index in [-0.39, 0.29) is 11.2 Å². The highest BCUT2D eigenvalue weighted by atomic mass is 32.2. The highest BCUT2D eigenvalue weighted by Gasteiger charge is 2.36. The molecule has 1 aliphatic carbocycles. The highest BCUT2D eigenvalue weighted by Crippen LogP contribution is 2.36. The fourth-order valence-electron chi connectivity index (χ4n) is 4.17. The molecule has 2 N–H and O–H groups in total. The summed E-state index contributed by atoms with van der Waals surface area (Å²) < 4.78 is 32.4. The van der Waals surface area contributed by atoms with Crippen LogP contribution in [0.15, 0.2) is 54.6 Å². The molecule has 1 aliphatic heterocycles. The van der Waals surface area contributed by atoms with E-state index in [1.807, 2.05) is 12.1 Å². The Bertz CT molecular complexity index is 905. The Labute approximate surface area is 173 Å². The van der Waals surface area contributed by atoms with E-state index in [0.717, 1.165) is 44.5 Å². The topological polar surface area (TPSA) is 67.4 Å². The Kier molecular flexibility index (Phi) is 6.23. The maximum Gasteiger partial charge on any atom is 0.211 e. The summed E-state index contributed by atoms with van der Waals surface area (Å²) in [6.07, 6.45) is 4.14. The van der Waals surface area contributed by atoms with Crippen molar-refractivity contribution in [3.05, 3.63) is 65.7 Å². The molecule has 1 saturated heterocycles. The summed E-state index contributed by atoms with van der Waals surface area (Å²) in [7, 11) is -3.18. The fourth-order valence-corrected chi connectivity index (χ4v) is 5.63. The lowest BCUT2D eigenvalue weighted by atomic mass is 9.75. The number of ether oxygens (including phenoxy) is 1. The molecule has 156 valence electrons. The van der Waals surface area contributed by atoms with Crippen LogP contribution in [0.2, 0.25) is 0 Å². The zero-order valence-corrected chi connectivity index (χ0v) is 17.6. The van der Waals surface area contributed by atoms with Crippen molar-refractivity contribution in [2.24, 2.45) is 5.92 Å². The van der Waals surface area contributed by atoms with E-state index >= 15 is 0 Å². The van der Waals surface area contributed by atoms with E-state index in [1.165, 1.54) is 11.1 Å². The van der Waals surface area contributed by atoms with Gasteiger partial charge in [-0.1, -0.05) is 42.5 Å². The van der Waals surface area contributed by atoms with Crippen LogP contribution in [0, 0.1) is 5.92 Å². The van der Waals surface area contributed by atoms with Gasteiger partial charge in [-0.2, -0.15) is 0 Å². The van der Waals surface area contributed by atoms with Crippen LogP contribution in [0.25, 0.3) is 0 Å². The lowest BCUT2D eigenvalue weighted by molar-refractivity contribution is 0.321. The number of rotatable bonds is 10. The van der Waals surface area contributed by atoms with Gasteiger partial charge in [0.05, 0.1) is 5.75 Å². The van der Waals surface area contributed by atoms with Crippen LogP contribution in [-0.2, 0) is 21.9 Å². The van der Waals surface area contributed by atoms with Gasteiger partial charge in [-0.3, -0.25) is 0 Å². The molecular weight excluding hydrogens is 384 g/mol. The van der Waals surface area contributed by atoms with E-state index in [0.29, 0.717) is 19.1 Å². The van der Waals surface area contributed by atoms with Gasteiger partial charge >= 0.3 is 0 Å². The van der Waals surface area contributed by atoms with E-state index in [4.69, 9.17) is 4.74 Å². The Morgan fingerprint density at radius 1 is 1.10 bits per heavy atom. The zero-order chi connectivity index (χ0) is 20.2. The molecule has 1 atom stereocenters. The van der Waals surface area contributed by atoms with Crippen molar-refractivity contribution in [1.29, 1.82) is 0 Å². The highest BCUT2D eigenvalue weighted by molar-refractivity contribution is 7.89. The average molecular weight is 415 g/mol. The Morgan fingerprint density at radius 3 is 2.66 bits per heavy atom. The van der Waals surface area contributed by atoms with Crippen molar-refractivity contribution >= 4 is 10.0 Å². The number of nitrogens with one attached hydrogen (secondary N) is 2. The predicted octanol–water partition coefficient (Wildman–Crippen LogP) is 2.87. The molecule has 2 fully saturated rings. The molecule has 6 heteroatoms. The molecule has 1 saturated carbocycles. The molecule has 2 aromatic rings. The van der Waals surface area contributed by atoms with Crippen LogP contribution in [0.1, 0.15) is 30.4 Å². The third-order valence-electron chi connectivity index (χ3n) is 5.92. The van der Waals surface area contributed by atoms with Crippen molar-refractivity contribution in [3.8, 4) is 5.75 Å². The predicted molar refractivity (Wildman–Crippen MR) is 116 cm³/mol. The van der Waals surface area contributed by atoms with Gasteiger partial charge in [-0.25, -0.2) is 13.1 Å². The lowest BCUT2D eigenvalue weighted by Gasteiger charge is -2.29. The first-order valence-corrected chi connectivity index (χ1v) is 12.2. The second-order valence-corrected chi connectivity index (χ2v) is 10.2. The summed E-state index contributed by atoms with van der Waals surface area (Å²) >= 11 is 0. The summed E-state index contributed by atoms with van der Waals surface area (Å²) in [5.41, 5.74) is 2.68. The molecule has 1 heterocycles. The lowest BCUT2D eigenvalue weighted by Crippen LogP contribution is -2.32. The van der Waals surface area contributed by atoms with Crippen molar-refractivity contribution in [2.75, 3.05) is 32.0 Å². The molecule has 29 heavy (non-hydrogen) atoms. The standard InChI is InChI=1S/C23H30N2O3S/c26-29(27,17-20-9-10-20)25-13-14-28-22-8-4-7-21(15-22)23(11-12-24-18-23)16-19-5-2-1-3-6-19/h1-8,15,20,24-25H,9-14,16-18H2. The van der Waals surface area contributed by atoms with Crippen LogP contribution in [-0.4, -0.2) is 40.4 Å². The number of sulfonamides is 1. The number of hydrogen-bond acceptors (Lipinski definition) is 4. The molecular formula is C23H30N2O3S. The minimum absolute atomic E-state index is 0.0621. The van der Waals surface area contributed by atoms with Crippen molar-refractivity contribution < 1.29 is 13.2 Å². The normalized spacial score (nSPS) is 21.9. The minimum Gasteiger partial charge on any atom is -0.492 e. The summed E-state index contributed by atoms with van der Waals surface area (Å²) in [6.45, 7) is 2.60. The molecule has 0 aromatic heterocycles. The van der Waals surface area contributed by atoms with E-state index < -0.39 is 10.0 Å². The zero-order valence-electron chi connectivity index (χ0n) is 16.8. The summed E-state index contributed by atoms with van der Waals surface area (Å²) in [5.74, 6) is 1.39. The Morgan fingerprint density at radius 2 is 1.93 bits per heavy atom. The molecule has 0 spiro atoms. The molecule has 4 rings (SSSR count). The van der Waals surface area contributed by atoms with Gasteiger partial charge in [-0.15, -0.1) is 0 Å². The fraction of sp³-hybridized carbons (Fsp3) is 0.478. The summed E-state index contributed by atoms with van der Waals surface area (Å²) in [5, 5.41) is 3.52. The number of benzene rings is 2. The first-order valence-electron chi connectivity index (χ1n) is 10.5. The average Bonchev–Trinajstić information content (AvgIpc) is 3.39. The number of hydrogen-bond donors (Lipinski definition) is 2. The van der Waals surface area contributed by atoms with Gasteiger partial charge in [-0.05, 0) is 61.4 Å². The molecule has 1 unspecified atom stereocenters. The van der Waals surface area contributed by atoms with Gasteiger partial charge in [0.15, 0.2) is 0 Å². The third-order valence-corrected chi connectivity index (χ3v) is 7.47. The Hall–Kier alpha value is -1.89. The first-order chi connectivity index (χ1) is 14.0. The molecule has 2 aromatic carbocycles. The molecule has 2 aliphatic rings. The quantitative estimate of drug-likeness (QED) is 0.587. The maximum absolute atomic E-state index is 12.0. The van der Waals surface area contributed by atoms with E-state index in [1.54, 1.807) is 0 Å². The van der Waals surface area contributed by atoms with Gasteiger partial charge in [0.25, 0.3) is 0 Å². The Balaban J connectivity index is 1.38. The first kappa shape index (κ1) is 20.4. The van der Waals surface area contributed by atoms with Gasteiger partial charge in [0.1, 0.15) is 12.4 Å². The van der Waals surface area contributed by atoms with Gasteiger partial charge in [0.2, 0.25) is 10.0 Å². The van der Waals surface area contributed by atoms with Crippen LogP contribution in [0.3, 0.4) is 0 Å². The molecule has 0 bridgehead atoms. The second-order valence-electron chi connectivity index (χ2n) is 8.36. The summed E-state index contributed by atoms with van der Waals surface area (Å²) in [6, 6.07) is 18.9. The molecule has 5 nitrogen and oxygen atoms in total. The minimum atomic E-state index is -3.18. The second kappa shape index (κ2) is 8.86. The van der Waals surface area contributed by atoms with Gasteiger partial charge < -0.3 is 10.1 Å². The van der Waals surface area contributed by atoms with Gasteiger partial charge in [0, 0.05) is 18.5 Å². The smallest absolute Gasteiger partial charge is 0.211 e. The van der Waals surface area contributed by atoms with Crippen LogP contribution in [0.4, 0.5) is 0 Å². The third kappa shape index (κ3) is 5.59. The molecule has 0 radical (unpaired) electrons. The SMILES string of the molecule is O=S(=O)(CC1CC1)NCCOc1cccc(C2(Cc3ccccc3)CCNC2)c1. The van der Waals surface area contributed by atoms with Crippen molar-refractivity contribution in [3.63, 3.8) is 0 Å². The van der Waals surface area contributed by atoms with Crippen molar-refractivity contribution in [1.82, 2.24) is 10.0 Å².